The second-order valence-electron chi connectivity index (χ2n) is 6.50. The second kappa shape index (κ2) is 8.68. The molecular formula is C18H27N3O3. The van der Waals surface area contributed by atoms with E-state index >= 15 is 0 Å². The molecule has 2 N–H and O–H groups in total. The molecule has 2 atom stereocenters. The largest absolute Gasteiger partial charge is 0.465 e. The van der Waals surface area contributed by atoms with Crippen LogP contribution in [0.4, 0.5) is 10.5 Å². The van der Waals surface area contributed by atoms with Gasteiger partial charge in [-0.15, -0.1) is 0 Å². The van der Waals surface area contributed by atoms with Crippen molar-refractivity contribution in [1.29, 1.82) is 0 Å². The standard InChI is InChI=1S/C18H27N3O3/c1-13-6-5-9-21(12-13)14(2)11-19-18(23)20-16-8-4-7-15(10-16)17(22)24-3/h4,7-8,10,13-14H,5-6,9,11-12H2,1-3H3,(H2,19,20,23)/t13-,14+/m1/s1. The van der Waals surface area contributed by atoms with Gasteiger partial charge in [-0.2, -0.15) is 0 Å². The van der Waals surface area contributed by atoms with Crippen molar-refractivity contribution in [1.82, 2.24) is 10.2 Å². The van der Waals surface area contributed by atoms with Crippen molar-refractivity contribution in [2.75, 3.05) is 32.1 Å². The van der Waals surface area contributed by atoms with Gasteiger partial charge in [0.1, 0.15) is 0 Å². The molecule has 6 nitrogen and oxygen atoms in total. The number of piperidine rings is 1. The molecule has 1 heterocycles. The predicted molar refractivity (Wildman–Crippen MR) is 94.2 cm³/mol. The van der Waals surface area contributed by atoms with Crippen LogP contribution in [-0.2, 0) is 4.74 Å². The molecule has 0 unspecified atom stereocenters. The maximum Gasteiger partial charge on any atom is 0.337 e. The van der Waals surface area contributed by atoms with Crippen LogP contribution >= 0.6 is 0 Å². The highest BCUT2D eigenvalue weighted by Gasteiger charge is 2.21. The number of benzene rings is 1. The van der Waals surface area contributed by atoms with Crippen LogP contribution in [0.25, 0.3) is 0 Å². The highest BCUT2D eigenvalue weighted by Crippen LogP contribution is 2.17. The average molecular weight is 333 g/mol. The van der Waals surface area contributed by atoms with E-state index in [1.807, 2.05) is 0 Å². The third-order valence-corrected chi connectivity index (χ3v) is 4.41. The number of urea groups is 1. The topological polar surface area (TPSA) is 70.7 Å². The fourth-order valence-corrected chi connectivity index (χ4v) is 3.01. The summed E-state index contributed by atoms with van der Waals surface area (Å²) < 4.78 is 4.68. The van der Waals surface area contributed by atoms with Crippen molar-refractivity contribution in [3.63, 3.8) is 0 Å². The second-order valence-corrected chi connectivity index (χ2v) is 6.50. The highest BCUT2D eigenvalue weighted by atomic mass is 16.5. The average Bonchev–Trinajstić information content (AvgIpc) is 2.59. The Morgan fingerprint density at radius 1 is 1.42 bits per heavy atom. The fourth-order valence-electron chi connectivity index (χ4n) is 3.01. The van der Waals surface area contributed by atoms with Gasteiger partial charge in [0.15, 0.2) is 0 Å². The first-order chi connectivity index (χ1) is 11.5. The lowest BCUT2D eigenvalue weighted by atomic mass is 9.99. The summed E-state index contributed by atoms with van der Waals surface area (Å²) >= 11 is 0. The Bertz CT molecular complexity index is 576. The van der Waals surface area contributed by atoms with Gasteiger partial charge < -0.3 is 15.4 Å². The molecule has 0 aliphatic carbocycles. The van der Waals surface area contributed by atoms with Crippen LogP contribution in [0.15, 0.2) is 24.3 Å². The van der Waals surface area contributed by atoms with Crippen molar-refractivity contribution < 1.29 is 14.3 Å². The molecule has 6 heteroatoms. The molecule has 1 aromatic rings. The van der Waals surface area contributed by atoms with E-state index in [0.717, 1.165) is 19.0 Å². The minimum Gasteiger partial charge on any atom is -0.465 e. The SMILES string of the molecule is COC(=O)c1cccc(NC(=O)NC[C@H](C)N2CCC[C@@H](C)C2)c1. The van der Waals surface area contributed by atoms with E-state index in [9.17, 15) is 9.59 Å². The van der Waals surface area contributed by atoms with Gasteiger partial charge in [0.2, 0.25) is 0 Å². The zero-order valence-electron chi connectivity index (χ0n) is 14.7. The summed E-state index contributed by atoms with van der Waals surface area (Å²) in [7, 11) is 1.33. The number of rotatable bonds is 5. The Hall–Kier alpha value is -2.08. The predicted octanol–water partition coefficient (Wildman–Crippen LogP) is 2.72. The van der Waals surface area contributed by atoms with Crippen LogP contribution in [0.3, 0.4) is 0 Å². The van der Waals surface area contributed by atoms with Gasteiger partial charge in [0.25, 0.3) is 0 Å². The number of likely N-dealkylation sites (tertiary alicyclic amines) is 1. The number of ether oxygens (including phenoxy) is 1. The minimum absolute atomic E-state index is 0.270. The molecule has 24 heavy (non-hydrogen) atoms. The molecular weight excluding hydrogens is 306 g/mol. The molecule has 1 fully saturated rings. The number of methoxy groups -OCH3 is 1. The number of nitrogens with one attached hydrogen (secondary N) is 2. The Morgan fingerprint density at radius 3 is 2.92 bits per heavy atom. The lowest BCUT2D eigenvalue weighted by Gasteiger charge is -2.35. The number of nitrogens with zero attached hydrogens (tertiary/aromatic N) is 1. The smallest absolute Gasteiger partial charge is 0.337 e. The van der Waals surface area contributed by atoms with Crippen LogP contribution in [0.2, 0.25) is 0 Å². The van der Waals surface area contributed by atoms with Gasteiger partial charge in [-0.1, -0.05) is 13.0 Å². The number of anilines is 1. The van der Waals surface area contributed by atoms with E-state index in [0.29, 0.717) is 23.8 Å². The van der Waals surface area contributed by atoms with Gasteiger partial charge >= 0.3 is 12.0 Å². The summed E-state index contributed by atoms with van der Waals surface area (Å²) in [5, 5.41) is 5.65. The summed E-state index contributed by atoms with van der Waals surface area (Å²) in [4.78, 5) is 26.0. The first-order valence-corrected chi connectivity index (χ1v) is 8.47. The minimum atomic E-state index is -0.424. The zero-order valence-corrected chi connectivity index (χ0v) is 14.7. The summed E-state index contributed by atoms with van der Waals surface area (Å²) in [5.74, 6) is 0.294. The lowest BCUT2D eigenvalue weighted by Crippen LogP contribution is -2.47. The molecule has 1 aliphatic rings. The van der Waals surface area contributed by atoms with Crippen LogP contribution in [0.5, 0.6) is 0 Å². The number of hydrogen-bond donors (Lipinski definition) is 2. The highest BCUT2D eigenvalue weighted by molar-refractivity contribution is 5.93. The zero-order chi connectivity index (χ0) is 17.5. The number of esters is 1. The maximum absolute atomic E-state index is 12.1. The fraction of sp³-hybridized carbons (Fsp3) is 0.556. The summed E-state index contributed by atoms with van der Waals surface area (Å²) in [6.07, 6.45) is 2.51. The Morgan fingerprint density at radius 2 is 2.21 bits per heavy atom. The van der Waals surface area contributed by atoms with Crippen LogP contribution in [-0.4, -0.2) is 49.7 Å². The molecule has 0 spiro atoms. The molecule has 0 bridgehead atoms. The van der Waals surface area contributed by atoms with Crippen molar-refractivity contribution in [3.05, 3.63) is 29.8 Å². The maximum atomic E-state index is 12.1. The monoisotopic (exact) mass is 333 g/mol. The van der Waals surface area contributed by atoms with E-state index < -0.39 is 5.97 Å². The third kappa shape index (κ3) is 5.23. The Kier molecular flexibility index (Phi) is 6.61. The molecule has 2 rings (SSSR count). The van der Waals surface area contributed by atoms with E-state index in [4.69, 9.17) is 0 Å². The molecule has 1 saturated heterocycles. The van der Waals surface area contributed by atoms with Gasteiger partial charge in [0, 0.05) is 24.8 Å². The van der Waals surface area contributed by atoms with Gasteiger partial charge in [-0.3, -0.25) is 4.90 Å². The van der Waals surface area contributed by atoms with Crippen molar-refractivity contribution in [2.24, 2.45) is 5.92 Å². The number of amides is 2. The van der Waals surface area contributed by atoms with E-state index in [1.165, 1.54) is 20.0 Å². The molecule has 0 aromatic heterocycles. The van der Waals surface area contributed by atoms with Crippen molar-refractivity contribution in [3.8, 4) is 0 Å². The van der Waals surface area contributed by atoms with Crippen molar-refractivity contribution >= 4 is 17.7 Å². The summed E-state index contributed by atoms with van der Waals surface area (Å²) in [5.41, 5.74) is 0.973. The summed E-state index contributed by atoms with van der Waals surface area (Å²) in [6, 6.07) is 6.73. The number of carbonyl (C=O) groups excluding carboxylic acids is 2. The van der Waals surface area contributed by atoms with Crippen LogP contribution in [0, 0.1) is 5.92 Å². The van der Waals surface area contributed by atoms with Crippen molar-refractivity contribution in [2.45, 2.75) is 32.7 Å². The van der Waals surface area contributed by atoms with Crippen LogP contribution < -0.4 is 10.6 Å². The van der Waals surface area contributed by atoms with Gasteiger partial charge in [-0.05, 0) is 50.4 Å². The van der Waals surface area contributed by atoms with E-state index in [2.05, 4.69) is 34.1 Å². The summed E-state index contributed by atoms with van der Waals surface area (Å²) in [6.45, 7) is 7.18. The van der Waals surface area contributed by atoms with E-state index in [1.54, 1.807) is 24.3 Å². The number of hydrogen-bond acceptors (Lipinski definition) is 4. The third-order valence-electron chi connectivity index (χ3n) is 4.41. The molecule has 0 saturated carbocycles. The molecule has 1 aromatic carbocycles. The first kappa shape index (κ1) is 18.3. The Labute approximate surface area is 143 Å². The lowest BCUT2D eigenvalue weighted by molar-refractivity contribution is 0.0600. The molecule has 132 valence electrons. The molecule has 0 radical (unpaired) electrons. The Balaban J connectivity index is 1.81. The van der Waals surface area contributed by atoms with Gasteiger partial charge in [-0.25, -0.2) is 9.59 Å². The molecule has 1 aliphatic heterocycles. The van der Waals surface area contributed by atoms with E-state index in [-0.39, 0.29) is 6.03 Å². The first-order valence-electron chi connectivity index (χ1n) is 8.47. The number of carbonyl (C=O) groups is 2. The quantitative estimate of drug-likeness (QED) is 0.813. The van der Waals surface area contributed by atoms with Crippen LogP contribution in [0.1, 0.15) is 37.0 Å². The normalized spacial score (nSPS) is 19.4. The van der Waals surface area contributed by atoms with Gasteiger partial charge in [0.05, 0.1) is 12.7 Å². The molecule has 2 amide bonds.